The summed E-state index contributed by atoms with van der Waals surface area (Å²) in [5.41, 5.74) is 4.95. The Morgan fingerprint density at radius 3 is 2.51 bits per heavy atom. The molecule has 4 aromatic rings. The Bertz CT molecular complexity index is 1360. The molecule has 2 aromatic heterocycles. The van der Waals surface area contributed by atoms with E-state index in [1.165, 1.54) is 29.8 Å². The molecule has 2 heterocycles. The summed E-state index contributed by atoms with van der Waals surface area (Å²) in [7, 11) is 0. The van der Waals surface area contributed by atoms with Gasteiger partial charge in [-0.1, -0.05) is 38.1 Å². The van der Waals surface area contributed by atoms with E-state index in [2.05, 4.69) is 34.6 Å². The molecule has 4 rings (SSSR count). The normalized spacial score (nSPS) is 12.1. The number of ketones is 1. The van der Waals surface area contributed by atoms with E-state index in [1.54, 1.807) is 16.8 Å². The van der Waals surface area contributed by atoms with Crippen LogP contribution in [0.4, 0.5) is 13.2 Å². The van der Waals surface area contributed by atoms with Crippen LogP contribution in [-0.4, -0.2) is 34.3 Å². The number of ether oxygens (including phenoxy) is 1. The van der Waals surface area contributed by atoms with Crippen molar-refractivity contribution in [2.75, 3.05) is 6.54 Å². The number of Topliss-reactive ketones (excluding diaryl/α,β-unsaturated/α-hetero) is 1. The zero-order chi connectivity index (χ0) is 25.0. The number of aromatic nitrogens is 2. The number of imidazole rings is 1. The largest absolute Gasteiger partial charge is 0.573 e. The molecule has 0 aliphatic heterocycles. The van der Waals surface area contributed by atoms with Crippen LogP contribution in [0.25, 0.3) is 16.9 Å². The lowest BCUT2D eigenvalue weighted by molar-refractivity contribution is -0.274. The second-order valence-corrected chi connectivity index (χ2v) is 8.46. The fourth-order valence-corrected chi connectivity index (χ4v) is 3.83. The van der Waals surface area contributed by atoms with Gasteiger partial charge in [-0.3, -0.25) is 9.79 Å². The van der Waals surface area contributed by atoms with Crippen molar-refractivity contribution >= 4 is 17.6 Å². The van der Waals surface area contributed by atoms with Gasteiger partial charge in [0.25, 0.3) is 0 Å². The average Bonchev–Trinajstić information content (AvgIpc) is 3.22. The summed E-state index contributed by atoms with van der Waals surface area (Å²) in [4.78, 5) is 21.3. The maximum atomic E-state index is 12.5. The average molecular weight is 480 g/mol. The van der Waals surface area contributed by atoms with Gasteiger partial charge in [0.05, 0.1) is 12.2 Å². The Morgan fingerprint density at radius 2 is 1.80 bits per heavy atom. The van der Waals surface area contributed by atoms with Crippen molar-refractivity contribution in [3.8, 4) is 17.0 Å². The van der Waals surface area contributed by atoms with Gasteiger partial charge in [0.1, 0.15) is 11.4 Å². The number of fused-ring (bicyclic) bond motifs is 1. The quantitative estimate of drug-likeness (QED) is 0.281. The highest BCUT2D eigenvalue weighted by Gasteiger charge is 2.31. The van der Waals surface area contributed by atoms with E-state index in [1.807, 2.05) is 36.5 Å². The second kappa shape index (κ2) is 10.1. The number of aliphatic imine (C=N–C) groups is 1. The van der Waals surface area contributed by atoms with E-state index in [9.17, 15) is 18.0 Å². The zero-order valence-corrected chi connectivity index (χ0v) is 19.3. The summed E-state index contributed by atoms with van der Waals surface area (Å²) in [6.45, 7) is 4.30. The minimum absolute atomic E-state index is 0.0401. The lowest BCUT2D eigenvalue weighted by Crippen LogP contribution is -2.16. The first-order valence-corrected chi connectivity index (χ1v) is 11.1. The van der Waals surface area contributed by atoms with Crippen molar-refractivity contribution in [2.24, 2.45) is 4.99 Å². The molecule has 0 spiro atoms. The zero-order valence-electron chi connectivity index (χ0n) is 19.3. The molecule has 0 amide bonds. The van der Waals surface area contributed by atoms with E-state index < -0.39 is 6.36 Å². The van der Waals surface area contributed by atoms with Crippen molar-refractivity contribution < 1.29 is 22.7 Å². The Labute approximate surface area is 200 Å². The first-order chi connectivity index (χ1) is 16.7. The van der Waals surface area contributed by atoms with Crippen LogP contribution in [0.15, 0.2) is 78.0 Å². The van der Waals surface area contributed by atoms with Crippen LogP contribution < -0.4 is 4.74 Å². The maximum absolute atomic E-state index is 12.5. The van der Waals surface area contributed by atoms with Gasteiger partial charge in [-0.25, -0.2) is 4.98 Å². The van der Waals surface area contributed by atoms with Gasteiger partial charge in [-0.05, 0) is 53.4 Å². The molecule has 35 heavy (non-hydrogen) atoms. The Morgan fingerprint density at radius 1 is 1.06 bits per heavy atom. The molecule has 0 bridgehead atoms. The van der Waals surface area contributed by atoms with E-state index >= 15 is 0 Å². The summed E-state index contributed by atoms with van der Waals surface area (Å²) in [5.74, 6) is 0.101. The standard InChI is InChI=1S/C27H24F3N3O2/c1-18(2)24-6-4-3-5-21(24)13-22(34)15-31-14-19-7-12-26-32-25(17-33(26)16-19)20-8-10-23(11-9-20)35-27(28,29)30/h3-12,14,16-18H,13,15H2,1-2H3. The van der Waals surface area contributed by atoms with Gasteiger partial charge in [0, 0.05) is 36.2 Å². The number of pyridine rings is 1. The van der Waals surface area contributed by atoms with Crippen molar-refractivity contribution in [1.29, 1.82) is 0 Å². The number of carbonyl (C=O) groups excluding carboxylic acids is 1. The molecule has 0 atom stereocenters. The number of hydrogen-bond acceptors (Lipinski definition) is 4. The highest BCUT2D eigenvalue weighted by molar-refractivity contribution is 5.87. The lowest BCUT2D eigenvalue weighted by Gasteiger charge is -2.11. The molecular weight excluding hydrogens is 455 g/mol. The van der Waals surface area contributed by atoms with Crippen LogP contribution in [-0.2, 0) is 11.2 Å². The fourth-order valence-electron chi connectivity index (χ4n) is 3.83. The van der Waals surface area contributed by atoms with Gasteiger partial charge in [0.2, 0.25) is 0 Å². The first kappa shape index (κ1) is 24.2. The monoisotopic (exact) mass is 479 g/mol. The molecule has 0 fully saturated rings. The molecule has 0 saturated carbocycles. The van der Waals surface area contributed by atoms with Gasteiger partial charge >= 0.3 is 6.36 Å². The molecule has 0 aliphatic carbocycles. The van der Waals surface area contributed by atoms with Crippen LogP contribution in [0.2, 0.25) is 0 Å². The minimum Gasteiger partial charge on any atom is -0.406 e. The maximum Gasteiger partial charge on any atom is 0.573 e. The molecule has 2 aromatic carbocycles. The third kappa shape index (κ3) is 6.35. The van der Waals surface area contributed by atoms with Crippen molar-refractivity contribution in [2.45, 2.75) is 32.5 Å². The van der Waals surface area contributed by atoms with E-state index in [0.29, 0.717) is 29.2 Å². The highest BCUT2D eigenvalue weighted by Crippen LogP contribution is 2.26. The molecule has 0 aliphatic rings. The summed E-state index contributed by atoms with van der Waals surface area (Å²) in [6, 6.07) is 17.2. The molecule has 0 unspecified atom stereocenters. The Balaban J connectivity index is 1.42. The molecule has 0 N–H and O–H groups in total. The number of nitrogens with zero attached hydrogens (tertiary/aromatic N) is 3. The predicted octanol–water partition coefficient (Wildman–Crippen LogP) is 6.25. The predicted molar refractivity (Wildman–Crippen MR) is 129 cm³/mol. The second-order valence-electron chi connectivity index (χ2n) is 8.46. The van der Waals surface area contributed by atoms with Crippen molar-refractivity contribution in [1.82, 2.24) is 9.38 Å². The number of halogens is 3. The van der Waals surface area contributed by atoms with Crippen LogP contribution in [0, 0.1) is 0 Å². The smallest absolute Gasteiger partial charge is 0.406 e. The topological polar surface area (TPSA) is 56.0 Å². The number of hydrogen-bond donors (Lipinski definition) is 0. The fraction of sp³-hybridized carbons (Fsp3) is 0.222. The number of carbonyl (C=O) groups is 1. The molecular formula is C27H24F3N3O2. The van der Waals surface area contributed by atoms with Gasteiger partial charge < -0.3 is 9.14 Å². The Kier molecular flexibility index (Phi) is 7.00. The van der Waals surface area contributed by atoms with Crippen molar-refractivity contribution in [3.05, 3.63) is 89.7 Å². The Hall–Kier alpha value is -3.94. The number of alkyl halides is 3. The third-order valence-corrected chi connectivity index (χ3v) is 5.43. The van der Waals surface area contributed by atoms with Crippen LogP contribution in [0.5, 0.6) is 5.75 Å². The third-order valence-electron chi connectivity index (χ3n) is 5.43. The summed E-state index contributed by atoms with van der Waals surface area (Å²) >= 11 is 0. The van der Waals surface area contributed by atoms with Crippen LogP contribution in [0.1, 0.15) is 36.5 Å². The van der Waals surface area contributed by atoms with E-state index in [0.717, 1.165) is 11.1 Å². The minimum atomic E-state index is -4.73. The summed E-state index contributed by atoms with van der Waals surface area (Å²) in [5, 5.41) is 0. The molecule has 0 radical (unpaired) electrons. The first-order valence-electron chi connectivity index (χ1n) is 11.1. The molecule has 5 nitrogen and oxygen atoms in total. The lowest BCUT2D eigenvalue weighted by atomic mass is 9.94. The van der Waals surface area contributed by atoms with Crippen molar-refractivity contribution in [3.63, 3.8) is 0 Å². The highest BCUT2D eigenvalue weighted by atomic mass is 19.4. The SMILES string of the molecule is CC(C)c1ccccc1CC(=O)CN=Cc1ccc2nc(-c3ccc(OC(F)(F)F)cc3)cn2c1. The van der Waals surface area contributed by atoms with Crippen LogP contribution in [0.3, 0.4) is 0 Å². The van der Waals surface area contributed by atoms with Gasteiger partial charge in [0.15, 0.2) is 5.78 Å². The molecule has 8 heteroatoms. The van der Waals surface area contributed by atoms with Gasteiger partial charge in [-0.15, -0.1) is 13.2 Å². The van der Waals surface area contributed by atoms with Crippen LogP contribution >= 0.6 is 0 Å². The van der Waals surface area contributed by atoms with E-state index in [-0.39, 0.29) is 18.1 Å². The molecule has 0 saturated heterocycles. The molecule has 180 valence electrons. The van der Waals surface area contributed by atoms with E-state index in [4.69, 9.17) is 0 Å². The number of rotatable bonds is 8. The van der Waals surface area contributed by atoms with Gasteiger partial charge in [-0.2, -0.15) is 0 Å². The number of benzene rings is 2. The summed E-state index contributed by atoms with van der Waals surface area (Å²) < 4.78 is 42.8. The summed E-state index contributed by atoms with van der Waals surface area (Å²) in [6.07, 6.45) is 0.873.